The van der Waals surface area contributed by atoms with Crippen LogP contribution in [0.3, 0.4) is 0 Å². The van der Waals surface area contributed by atoms with Crippen LogP contribution in [0.1, 0.15) is 71.1 Å². The summed E-state index contributed by atoms with van der Waals surface area (Å²) in [6.45, 7) is 6.50. The van der Waals surface area contributed by atoms with E-state index in [0.29, 0.717) is 0 Å². The van der Waals surface area contributed by atoms with Gasteiger partial charge in [-0.25, -0.2) is 9.36 Å². The number of rotatable bonds is 14. The maximum atomic E-state index is 11.0. The van der Waals surface area contributed by atoms with Gasteiger partial charge in [0.25, 0.3) is 0 Å². The highest BCUT2D eigenvalue weighted by molar-refractivity contribution is 5.81. The van der Waals surface area contributed by atoms with Crippen LogP contribution in [0.4, 0.5) is 0 Å². The summed E-state index contributed by atoms with van der Waals surface area (Å²) in [5, 5.41) is 0. The standard InChI is InChI=1S/C21H34NO2/c1-3-21(23)24-20(2)16-12-9-7-5-4-6-8-10-13-17-22-18-14-11-15-19-22/h3,11,14-15,18-20H,1,4-10,12-13,16-17H2,2H3/q+1. The quantitative estimate of drug-likeness (QED) is 0.208. The van der Waals surface area contributed by atoms with Gasteiger partial charge in [-0.1, -0.05) is 51.2 Å². The molecule has 1 heterocycles. The van der Waals surface area contributed by atoms with Crippen molar-refractivity contribution < 1.29 is 14.1 Å². The Morgan fingerprint density at radius 3 is 2.08 bits per heavy atom. The van der Waals surface area contributed by atoms with Gasteiger partial charge in [0.1, 0.15) is 6.54 Å². The van der Waals surface area contributed by atoms with Crippen molar-refractivity contribution in [3.63, 3.8) is 0 Å². The Kier molecular flexibility index (Phi) is 11.7. The Morgan fingerprint density at radius 2 is 1.50 bits per heavy atom. The van der Waals surface area contributed by atoms with Crippen molar-refractivity contribution in [2.45, 2.75) is 83.8 Å². The van der Waals surface area contributed by atoms with Gasteiger partial charge in [-0.3, -0.25) is 0 Å². The Bertz CT molecular complexity index is 444. The molecule has 1 atom stereocenters. The molecule has 3 nitrogen and oxygen atoms in total. The second-order valence-corrected chi connectivity index (χ2v) is 6.54. The molecule has 1 unspecified atom stereocenters. The molecular formula is C21H34NO2+. The number of nitrogens with zero attached hydrogens (tertiary/aromatic N) is 1. The second-order valence-electron chi connectivity index (χ2n) is 6.54. The number of ether oxygens (including phenoxy) is 1. The lowest BCUT2D eigenvalue weighted by Gasteiger charge is -2.11. The average Bonchev–Trinajstić information content (AvgIpc) is 2.60. The lowest BCUT2D eigenvalue weighted by molar-refractivity contribution is -0.697. The number of unbranched alkanes of at least 4 members (excludes halogenated alkanes) is 8. The van der Waals surface area contributed by atoms with Crippen LogP contribution in [-0.2, 0) is 16.1 Å². The molecule has 134 valence electrons. The first-order valence-corrected chi connectivity index (χ1v) is 9.49. The van der Waals surface area contributed by atoms with Gasteiger partial charge in [-0.2, -0.15) is 0 Å². The molecule has 0 spiro atoms. The smallest absolute Gasteiger partial charge is 0.330 e. The van der Waals surface area contributed by atoms with Crippen molar-refractivity contribution in [2.24, 2.45) is 0 Å². The van der Waals surface area contributed by atoms with Crippen LogP contribution in [0.15, 0.2) is 43.2 Å². The molecule has 0 radical (unpaired) electrons. The average molecular weight is 333 g/mol. The number of pyridine rings is 1. The van der Waals surface area contributed by atoms with E-state index in [9.17, 15) is 4.79 Å². The zero-order chi connectivity index (χ0) is 17.5. The molecule has 0 N–H and O–H groups in total. The van der Waals surface area contributed by atoms with Gasteiger partial charge in [0.05, 0.1) is 6.10 Å². The SMILES string of the molecule is C=CC(=O)OC(C)CCCCCCCCCCC[n+]1ccccc1. The van der Waals surface area contributed by atoms with Crippen molar-refractivity contribution in [3.05, 3.63) is 43.2 Å². The topological polar surface area (TPSA) is 30.2 Å². The third-order valence-corrected chi connectivity index (χ3v) is 4.29. The number of hydrogen-bond donors (Lipinski definition) is 0. The molecule has 0 aliphatic rings. The van der Waals surface area contributed by atoms with Gasteiger partial charge in [0.2, 0.25) is 0 Å². The molecule has 0 saturated heterocycles. The van der Waals surface area contributed by atoms with Crippen LogP contribution in [0, 0.1) is 0 Å². The third-order valence-electron chi connectivity index (χ3n) is 4.29. The van der Waals surface area contributed by atoms with Crippen LogP contribution < -0.4 is 4.57 Å². The summed E-state index contributed by atoms with van der Waals surface area (Å²) in [6, 6.07) is 6.24. The number of carbonyl (C=O) groups excluding carboxylic acids is 1. The maximum Gasteiger partial charge on any atom is 0.330 e. The minimum atomic E-state index is -0.312. The largest absolute Gasteiger partial charge is 0.460 e. The molecule has 0 aliphatic carbocycles. The van der Waals surface area contributed by atoms with E-state index >= 15 is 0 Å². The van der Waals surface area contributed by atoms with Gasteiger partial charge in [-0.05, 0) is 26.2 Å². The van der Waals surface area contributed by atoms with E-state index < -0.39 is 0 Å². The molecule has 3 heteroatoms. The van der Waals surface area contributed by atoms with E-state index in [4.69, 9.17) is 4.74 Å². The second kappa shape index (κ2) is 13.8. The van der Waals surface area contributed by atoms with Crippen molar-refractivity contribution in [1.82, 2.24) is 0 Å². The first kappa shape index (κ1) is 20.4. The molecule has 1 aromatic rings. The minimum absolute atomic E-state index is 0.0120. The molecule has 0 aliphatic heterocycles. The van der Waals surface area contributed by atoms with Crippen molar-refractivity contribution in [2.75, 3.05) is 0 Å². The molecule has 1 aromatic heterocycles. The third kappa shape index (κ3) is 11.0. The Labute approximate surface area is 147 Å². The summed E-state index contributed by atoms with van der Waals surface area (Å²) >= 11 is 0. The van der Waals surface area contributed by atoms with Crippen molar-refractivity contribution in [1.29, 1.82) is 0 Å². The zero-order valence-electron chi connectivity index (χ0n) is 15.3. The van der Waals surface area contributed by atoms with Crippen LogP contribution in [-0.4, -0.2) is 12.1 Å². The molecule has 0 bridgehead atoms. The fourth-order valence-electron chi connectivity index (χ4n) is 2.85. The normalized spacial score (nSPS) is 11.9. The monoisotopic (exact) mass is 332 g/mol. The number of esters is 1. The maximum absolute atomic E-state index is 11.0. The molecule has 1 rings (SSSR count). The summed E-state index contributed by atoms with van der Waals surface area (Å²) in [5.41, 5.74) is 0. The fourth-order valence-corrected chi connectivity index (χ4v) is 2.85. The van der Waals surface area contributed by atoms with Crippen LogP contribution in [0.2, 0.25) is 0 Å². The van der Waals surface area contributed by atoms with Crippen LogP contribution in [0.25, 0.3) is 0 Å². The Morgan fingerprint density at radius 1 is 0.958 bits per heavy atom. The highest BCUT2D eigenvalue weighted by Crippen LogP contribution is 2.12. The summed E-state index contributed by atoms with van der Waals surface area (Å²) in [4.78, 5) is 11.0. The summed E-state index contributed by atoms with van der Waals surface area (Å²) in [6.07, 6.45) is 18.1. The van der Waals surface area contributed by atoms with Gasteiger partial charge < -0.3 is 4.74 Å². The Balaban J connectivity index is 1.82. The van der Waals surface area contributed by atoms with E-state index in [1.807, 2.05) is 6.92 Å². The predicted molar refractivity (Wildman–Crippen MR) is 98.6 cm³/mol. The van der Waals surface area contributed by atoms with E-state index in [-0.39, 0.29) is 12.1 Å². The molecule has 0 aromatic carbocycles. The van der Waals surface area contributed by atoms with E-state index in [1.165, 1.54) is 57.4 Å². The van der Waals surface area contributed by atoms with Gasteiger partial charge >= 0.3 is 5.97 Å². The van der Waals surface area contributed by atoms with Crippen LogP contribution in [0.5, 0.6) is 0 Å². The van der Waals surface area contributed by atoms with Crippen molar-refractivity contribution >= 4 is 5.97 Å². The molecular weight excluding hydrogens is 298 g/mol. The van der Waals surface area contributed by atoms with Gasteiger partial charge in [0, 0.05) is 24.6 Å². The van der Waals surface area contributed by atoms with E-state index in [0.717, 1.165) is 19.4 Å². The Hall–Kier alpha value is -1.64. The number of hydrogen-bond acceptors (Lipinski definition) is 2. The fraction of sp³-hybridized carbons (Fsp3) is 0.619. The summed E-state index contributed by atoms with van der Waals surface area (Å²) in [7, 11) is 0. The zero-order valence-corrected chi connectivity index (χ0v) is 15.3. The first-order chi connectivity index (χ1) is 11.7. The molecule has 0 saturated carbocycles. The highest BCUT2D eigenvalue weighted by Gasteiger charge is 2.05. The van der Waals surface area contributed by atoms with Crippen molar-refractivity contribution in [3.8, 4) is 0 Å². The summed E-state index contributed by atoms with van der Waals surface area (Å²) < 4.78 is 7.41. The van der Waals surface area contributed by atoms with Gasteiger partial charge in [-0.15, -0.1) is 0 Å². The van der Waals surface area contributed by atoms with E-state index in [2.05, 4.69) is 41.7 Å². The number of aromatic nitrogens is 1. The number of carbonyl (C=O) groups is 1. The van der Waals surface area contributed by atoms with E-state index in [1.54, 1.807) is 0 Å². The minimum Gasteiger partial charge on any atom is -0.460 e. The van der Waals surface area contributed by atoms with Crippen LogP contribution >= 0.6 is 0 Å². The first-order valence-electron chi connectivity index (χ1n) is 9.49. The predicted octanol–water partition coefficient (Wildman–Crippen LogP) is 4.99. The van der Waals surface area contributed by atoms with Gasteiger partial charge in [0.15, 0.2) is 12.4 Å². The molecule has 0 fully saturated rings. The lowest BCUT2D eigenvalue weighted by atomic mass is 10.1. The number of aryl methyl sites for hydroxylation is 1. The lowest BCUT2D eigenvalue weighted by Crippen LogP contribution is -2.32. The molecule has 0 amide bonds. The highest BCUT2D eigenvalue weighted by atomic mass is 16.5. The summed E-state index contributed by atoms with van der Waals surface area (Å²) in [5.74, 6) is -0.312. The molecule has 24 heavy (non-hydrogen) atoms.